The van der Waals surface area contributed by atoms with Crippen LogP contribution in [0.5, 0.6) is 0 Å². The number of hydrogen-bond donors (Lipinski definition) is 2. The molecular weight excluding hydrogens is 416 g/mol. The van der Waals surface area contributed by atoms with Crippen LogP contribution in [0.4, 0.5) is 5.82 Å². The van der Waals surface area contributed by atoms with Crippen LogP contribution in [0, 0.1) is 17.2 Å². The van der Waals surface area contributed by atoms with Gasteiger partial charge in [0.25, 0.3) is 0 Å². The van der Waals surface area contributed by atoms with Gasteiger partial charge in [0.15, 0.2) is 0 Å². The van der Waals surface area contributed by atoms with E-state index in [0.717, 1.165) is 44.2 Å². The molecule has 174 valence electrons. The molecule has 1 atom stereocenters. The number of nitrogens with one attached hydrogen (secondary N) is 1. The predicted molar refractivity (Wildman–Crippen MR) is 125 cm³/mol. The van der Waals surface area contributed by atoms with Crippen LogP contribution in [0.15, 0.2) is 30.3 Å². The summed E-state index contributed by atoms with van der Waals surface area (Å²) in [4.78, 5) is 27.6. The summed E-state index contributed by atoms with van der Waals surface area (Å²) in [6.07, 6.45) is 8.08. The molecule has 2 heterocycles. The molecule has 3 N–H and O–H groups in total. The van der Waals surface area contributed by atoms with Gasteiger partial charge in [-0.15, -0.1) is 0 Å². The molecule has 0 radical (unpaired) electrons. The number of anilines is 1. The van der Waals surface area contributed by atoms with Crippen molar-refractivity contribution in [1.82, 2.24) is 20.0 Å². The maximum absolute atomic E-state index is 12.9. The Morgan fingerprint density at radius 1 is 1.12 bits per heavy atom. The molecule has 2 aromatic rings. The topological polar surface area (TPSA) is 117 Å². The third-order valence-electron chi connectivity index (χ3n) is 6.79. The van der Waals surface area contributed by atoms with Gasteiger partial charge in [-0.2, -0.15) is 10.4 Å². The Hall–Kier alpha value is -3.34. The van der Waals surface area contributed by atoms with Crippen LogP contribution in [0.3, 0.4) is 0 Å². The maximum Gasteiger partial charge on any atom is 0.242 e. The summed E-state index contributed by atoms with van der Waals surface area (Å²) in [5.41, 5.74) is 7.97. The molecule has 8 nitrogen and oxygen atoms in total. The zero-order valence-electron chi connectivity index (χ0n) is 19.0. The van der Waals surface area contributed by atoms with Crippen molar-refractivity contribution in [3.63, 3.8) is 0 Å². The van der Waals surface area contributed by atoms with Crippen LogP contribution >= 0.6 is 0 Å². The largest absolute Gasteiger partial charge is 0.382 e. The zero-order chi connectivity index (χ0) is 23.2. The molecule has 1 aromatic carbocycles. The first kappa shape index (κ1) is 22.8. The van der Waals surface area contributed by atoms with Crippen LogP contribution in [-0.2, 0) is 16.0 Å². The Morgan fingerprint density at radius 3 is 2.61 bits per heavy atom. The van der Waals surface area contributed by atoms with Gasteiger partial charge in [-0.25, -0.2) is 4.68 Å². The number of carbonyl (C=O) groups excluding carboxylic acids is 2. The summed E-state index contributed by atoms with van der Waals surface area (Å²) in [7, 11) is 0. The molecule has 1 saturated heterocycles. The fourth-order valence-corrected chi connectivity index (χ4v) is 5.01. The van der Waals surface area contributed by atoms with Gasteiger partial charge in [0, 0.05) is 19.0 Å². The lowest BCUT2D eigenvalue weighted by Crippen LogP contribution is -2.48. The van der Waals surface area contributed by atoms with E-state index in [9.17, 15) is 14.9 Å². The standard InChI is InChI=1S/C25H32N6O2/c26-17-20-21(29-31(23(20)27)19-11-5-2-6-12-19)13-7-15-28-24(32)22-14-8-16-30(22)25(33)18-9-3-1-4-10-18/h2,5-6,11-12,18,22H,1,3-4,7-10,13-16,27H2,(H,28,32). The maximum atomic E-state index is 12.9. The van der Waals surface area contributed by atoms with E-state index in [0.29, 0.717) is 43.0 Å². The van der Waals surface area contributed by atoms with Gasteiger partial charge in [0.05, 0.1) is 11.4 Å². The summed E-state index contributed by atoms with van der Waals surface area (Å²) < 4.78 is 1.58. The minimum Gasteiger partial charge on any atom is -0.382 e. The van der Waals surface area contributed by atoms with Crippen molar-refractivity contribution in [2.45, 2.75) is 63.8 Å². The van der Waals surface area contributed by atoms with Gasteiger partial charge in [-0.05, 0) is 50.7 Å². The van der Waals surface area contributed by atoms with Crippen LogP contribution < -0.4 is 11.1 Å². The third-order valence-corrected chi connectivity index (χ3v) is 6.79. The number of amides is 2. The number of benzene rings is 1. The van der Waals surface area contributed by atoms with E-state index < -0.39 is 0 Å². The molecule has 0 spiro atoms. The van der Waals surface area contributed by atoms with Crippen LogP contribution in [0.2, 0.25) is 0 Å². The summed E-state index contributed by atoms with van der Waals surface area (Å²) in [6.45, 7) is 1.14. The first-order chi connectivity index (χ1) is 16.1. The quantitative estimate of drug-likeness (QED) is 0.632. The number of nitriles is 1. The highest BCUT2D eigenvalue weighted by Crippen LogP contribution is 2.29. The Bertz CT molecular complexity index is 1020. The first-order valence-electron chi connectivity index (χ1n) is 12.0. The van der Waals surface area contributed by atoms with E-state index in [2.05, 4.69) is 16.5 Å². The van der Waals surface area contributed by atoms with Crippen molar-refractivity contribution in [3.8, 4) is 11.8 Å². The van der Waals surface area contributed by atoms with E-state index in [-0.39, 0.29) is 23.8 Å². The minimum absolute atomic E-state index is 0.0773. The molecule has 8 heteroatoms. The first-order valence-corrected chi connectivity index (χ1v) is 12.0. The Balaban J connectivity index is 1.31. The fraction of sp³-hybridized carbons (Fsp3) is 0.520. The van der Waals surface area contributed by atoms with Gasteiger partial charge in [0.2, 0.25) is 11.8 Å². The Kier molecular flexibility index (Phi) is 7.28. The average Bonchev–Trinajstić information content (AvgIpc) is 3.47. The summed E-state index contributed by atoms with van der Waals surface area (Å²) in [5.74, 6) is 0.492. The number of rotatable bonds is 7. The zero-order valence-corrected chi connectivity index (χ0v) is 19.0. The number of para-hydroxylation sites is 1. The number of nitrogens with two attached hydrogens (primary N) is 1. The van der Waals surface area contributed by atoms with Crippen LogP contribution in [0.25, 0.3) is 5.69 Å². The molecule has 1 aliphatic heterocycles. The number of nitrogens with zero attached hydrogens (tertiary/aromatic N) is 4. The predicted octanol–water partition coefficient (Wildman–Crippen LogP) is 2.95. The molecule has 33 heavy (non-hydrogen) atoms. The smallest absolute Gasteiger partial charge is 0.242 e. The second-order valence-electron chi connectivity index (χ2n) is 8.99. The van der Waals surface area contributed by atoms with E-state index in [1.54, 1.807) is 9.58 Å². The van der Waals surface area contributed by atoms with Crippen molar-refractivity contribution >= 4 is 17.6 Å². The van der Waals surface area contributed by atoms with E-state index in [1.165, 1.54) is 6.42 Å². The van der Waals surface area contributed by atoms with Gasteiger partial charge in [0.1, 0.15) is 23.5 Å². The fourth-order valence-electron chi connectivity index (χ4n) is 5.01. The number of carbonyl (C=O) groups is 2. The number of nitrogen functional groups attached to an aromatic ring is 1. The van der Waals surface area contributed by atoms with Gasteiger partial charge in [-0.1, -0.05) is 37.5 Å². The van der Waals surface area contributed by atoms with Crippen molar-refractivity contribution in [3.05, 3.63) is 41.6 Å². The lowest BCUT2D eigenvalue weighted by Gasteiger charge is -2.30. The SMILES string of the molecule is N#Cc1c(CCCNC(=O)C2CCCN2C(=O)C2CCCCC2)nn(-c2ccccc2)c1N. The van der Waals surface area contributed by atoms with E-state index in [4.69, 9.17) is 5.73 Å². The average molecular weight is 449 g/mol. The minimum atomic E-state index is -0.359. The molecule has 1 saturated carbocycles. The summed E-state index contributed by atoms with van der Waals surface area (Å²) in [6, 6.07) is 11.3. The number of aromatic nitrogens is 2. The van der Waals surface area contributed by atoms with Crippen molar-refractivity contribution in [2.75, 3.05) is 18.8 Å². The Morgan fingerprint density at radius 2 is 1.88 bits per heavy atom. The van der Waals surface area contributed by atoms with Gasteiger partial charge in [-0.3, -0.25) is 9.59 Å². The normalized spacial score (nSPS) is 18.8. The highest BCUT2D eigenvalue weighted by Gasteiger charge is 2.37. The lowest BCUT2D eigenvalue weighted by atomic mass is 9.88. The number of aryl methyl sites for hydroxylation is 1. The third kappa shape index (κ3) is 5.03. The molecule has 0 bridgehead atoms. The number of hydrogen-bond acceptors (Lipinski definition) is 5. The van der Waals surface area contributed by atoms with Crippen molar-refractivity contribution < 1.29 is 9.59 Å². The highest BCUT2D eigenvalue weighted by molar-refractivity contribution is 5.89. The molecule has 2 fully saturated rings. The second kappa shape index (κ2) is 10.5. The van der Waals surface area contributed by atoms with Crippen molar-refractivity contribution in [1.29, 1.82) is 5.26 Å². The molecule has 1 aliphatic carbocycles. The van der Waals surface area contributed by atoms with Crippen molar-refractivity contribution in [2.24, 2.45) is 5.92 Å². The van der Waals surface area contributed by atoms with Gasteiger partial charge >= 0.3 is 0 Å². The molecule has 2 amide bonds. The second-order valence-corrected chi connectivity index (χ2v) is 8.99. The van der Waals surface area contributed by atoms with E-state index in [1.807, 2.05) is 30.3 Å². The number of likely N-dealkylation sites (tertiary alicyclic amines) is 1. The van der Waals surface area contributed by atoms with Crippen LogP contribution in [-0.4, -0.2) is 45.6 Å². The molecular formula is C25H32N6O2. The molecule has 1 unspecified atom stereocenters. The van der Waals surface area contributed by atoms with Crippen LogP contribution in [0.1, 0.15) is 62.6 Å². The van der Waals surface area contributed by atoms with E-state index >= 15 is 0 Å². The molecule has 1 aromatic heterocycles. The molecule has 2 aliphatic rings. The summed E-state index contributed by atoms with van der Waals surface area (Å²) in [5, 5.41) is 17.1. The Labute approximate surface area is 194 Å². The highest BCUT2D eigenvalue weighted by atomic mass is 16.2. The molecule has 4 rings (SSSR count). The summed E-state index contributed by atoms with van der Waals surface area (Å²) >= 11 is 0. The lowest BCUT2D eigenvalue weighted by molar-refractivity contribution is -0.142. The van der Waals surface area contributed by atoms with Gasteiger partial charge < -0.3 is 16.0 Å². The monoisotopic (exact) mass is 448 g/mol.